The van der Waals surface area contributed by atoms with E-state index in [-0.39, 0.29) is 0 Å². The fourth-order valence-electron chi connectivity index (χ4n) is 25.0. The van der Waals surface area contributed by atoms with E-state index in [9.17, 15) is 0 Å². The monoisotopic (exact) mass is 1880 g/mol. The average molecular weight is 1890 g/mol. The van der Waals surface area contributed by atoms with Crippen LogP contribution in [0.5, 0.6) is 0 Å². The van der Waals surface area contributed by atoms with E-state index in [1.54, 1.807) is 0 Å². The number of hydrogen-bond donors (Lipinski definition) is 0. The van der Waals surface area contributed by atoms with E-state index in [0.29, 0.717) is 0 Å². The molecule has 0 radical (unpaired) electrons. The van der Waals surface area contributed by atoms with Crippen LogP contribution in [-0.4, -0.2) is 45.7 Å². The van der Waals surface area contributed by atoms with Gasteiger partial charge in [0.25, 0.3) is 0 Å². The fourth-order valence-corrected chi connectivity index (χ4v) is 25.0. The van der Waals surface area contributed by atoms with Gasteiger partial charge in [-0.3, -0.25) is 0 Å². The first-order chi connectivity index (χ1) is 73.5. The molecule has 10 nitrogen and oxygen atoms in total. The standard InChI is InChI=1S/2C54H34N4.C30H20N2/c1-4-16-35(17-5-1)55-49-30-28-38(32-45(49)53-50(55)31-29-42-39-22-10-15-27-48(39)58(54(42)53)37-20-8-3-9-21-37)57-47-26-14-12-24-41(47)44-33-43-40-23-11-13-25-46(40)56(51(43)34-52(44)57)36-18-6-2-7-19-36;1-4-16-35(17-5-1)55-47-25-13-10-22-39(47)43-31-44-41-24-12-15-27-49(41)58(53(44)33-51(43)55)38-28-29-50-42(30-38)46-32-45-40-23-11-14-26-48(40)56(36-18-6-2-7-19-36)52(45)34-54(46)57(50)37-20-8-3-9-21-37;1-3-11-21(12-4-1)31-27-17-9-7-15-23(27)25-19-20-26-24-16-8-10-18-28(24)32(30(26)29(25)31)22-13-5-2-6-14-22/h2*1-34H;1-20H. The molecule has 690 valence electrons. The average Bonchev–Trinajstić information content (AvgIpc) is 1.56. The summed E-state index contributed by atoms with van der Waals surface area (Å²) in [6, 6.07) is 194. The summed E-state index contributed by atoms with van der Waals surface area (Å²) in [5.74, 6) is 0. The van der Waals surface area contributed by atoms with Gasteiger partial charge >= 0.3 is 0 Å². The summed E-state index contributed by atoms with van der Waals surface area (Å²) in [6.45, 7) is 0. The zero-order valence-electron chi connectivity index (χ0n) is 80.3. The molecule has 0 aliphatic carbocycles. The molecular weight excluding hydrogens is 1800 g/mol. The second kappa shape index (κ2) is 32.8. The number of aromatic nitrogens is 10. The Morgan fingerprint density at radius 2 is 0.250 bits per heavy atom. The maximum Gasteiger partial charge on any atom is 0.0788 e. The Morgan fingerprint density at radius 1 is 0.0811 bits per heavy atom. The van der Waals surface area contributed by atoms with Gasteiger partial charge in [-0.1, -0.05) is 309 Å². The summed E-state index contributed by atoms with van der Waals surface area (Å²) in [4.78, 5) is 0. The third-order valence-electron chi connectivity index (χ3n) is 31.1. The Labute approximate surface area is 848 Å². The van der Waals surface area contributed by atoms with Crippen molar-refractivity contribution < 1.29 is 0 Å². The lowest BCUT2D eigenvalue weighted by Crippen LogP contribution is -1.98. The van der Waals surface area contributed by atoms with Gasteiger partial charge in [0, 0.05) is 165 Å². The largest absolute Gasteiger partial charge is 0.309 e. The molecule has 10 heteroatoms. The fraction of sp³-hybridized carbons (Fsp3) is 0. The molecule has 0 aliphatic heterocycles. The molecule has 0 saturated carbocycles. The van der Waals surface area contributed by atoms with Gasteiger partial charge in [-0.25, -0.2) is 0 Å². The Bertz CT molecular complexity index is 11100. The maximum atomic E-state index is 2.48. The third kappa shape index (κ3) is 12.3. The summed E-state index contributed by atoms with van der Waals surface area (Å²) < 4.78 is 24.4. The van der Waals surface area contributed by atoms with Crippen molar-refractivity contribution in [1.29, 1.82) is 0 Å². The molecule has 0 aliphatic rings. The van der Waals surface area contributed by atoms with E-state index >= 15 is 0 Å². The Balaban J connectivity index is 0.000000105. The first-order valence-corrected chi connectivity index (χ1v) is 50.9. The topological polar surface area (TPSA) is 49.3 Å². The van der Waals surface area contributed by atoms with Gasteiger partial charge in [0.1, 0.15) is 0 Å². The molecule has 33 aromatic rings. The van der Waals surface area contributed by atoms with E-state index in [1.807, 2.05) is 0 Å². The summed E-state index contributed by atoms with van der Waals surface area (Å²) in [5.41, 5.74) is 35.6. The van der Waals surface area contributed by atoms with Crippen LogP contribution in [0.15, 0.2) is 534 Å². The van der Waals surface area contributed by atoms with Gasteiger partial charge < -0.3 is 45.7 Å². The highest BCUT2D eigenvalue weighted by atomic mass is 15.1. The van der Waals surface area contributed by atoms with Crippen LogP contribution in [0.1, 0.15) is 0 Å². The van der Waals surface area contributed by atoms with Crippen molar-refractivity contribution >= 4 is 218 Å². The minimum absolute atomic E-state index is 1.13. The summed E-state index contributed by atoms with van der Waals surface area (Å²) in [7, 11) is 0. The van der Waals surface area contributed by atoms with Crippen LogP contribution >= 0.6 is 0 Å². The van der Waals surface area contributed by atoms with Gasteiger partial charge in [-0.2, -0.15) is 0 Å². The van der Waals surface area contributed by atoms with Crippen molar-refractivity contribution in [3.63, 3.8) is 0 Å². The summed E-state index contributed by atoms with van der Waals surface area (Å²) >= 11 is 0. The number of hydrogen-bond acceptors (Lipinski definition) is 0. The Hall–Kier alpha value is -19.9. The number of rotatable bonds is 10. The summed E-state index contributed by atoms with van der Waals surface area (Å²) in [6.07, 6.45) is 0. The van der Waals surface area contributed by atoms with Crippen molar-refractivity contribution in [2.24, 2.45) is 0 Å². The predicted molar refractivity (Wildman–Crippen MR) is 623 cm³/mol. The molecular formula is C138H88N10. The molecule has 148 heavy (non-hydrogen) atoms. The van der Waals surface area contributed by atoms with E-state index in [2.05, 4.69) is 580 Å². The SMILES string of the molecule is c1ccc(-n2c3ccccc3c3cc4c5ccccc5n(-c5ccc6c(c5)c5c(ccc7c8ccccc8n(-c8ccccc8)c75)n6-c5ccccc5)c4cc32)cc1.c1ccc(-n2c3ccccc3c3cc4c5ccccc5n(-c5ccc6c(c5)c5cc7c8ccccc8n(-c8ccccc8)c7cc5n6-c5ccccc5)c4cc32)cc1.c1ccc(-n2c3ccccc3c3ccc4c5ccccc5n(-c5ccccc5)c4c32)cc1. The van der Waals surface area contributed by atoms with Crippen LogP contribution in [0.25, 0.3) is 275 Å². The molecule has 10 heterocycles. The zero-order chi connectivity index (χ0) is 96.9. The van der Waals surface area contributed by atoms with Crippen LogP contribution in [0.4, 0.5) is 0 Å². The highest BCUT2D eigenvalue weighted by Crippen LogP contribution is 2.50. The molecule has 33 rings (SSSR count). The minimum atomic E-state index is 1.13. The molecule has 0 N–H and O–H groups in total. The van der Waals surface area contributed by atoms with Gasteiger partial charge in [-0.05, 0) is 224 Å². The van der Waals surface area contributed by atoms with Gasteiger partial charge in [0.15, 0.2) is 0 Å². The van der Waals surface area contributed by atoms with Crippen molar-refractivity contribution in [2.75, 3.05) is 0 Å². The Morgan fingerprint density at radius 3 is 0.527 bits per heavy atom. The predicted octanol–water partition coefficient (Wildman–Crippen LogP) is 36.0. The van der Waals surface area contributed by atoms with E-state index in [4.69, 9.17) is 0 Å². The number of para-hydroxylation sites is 16. The second-order valence-electron chi connectivity index (χ2n) is 39.0. The first kappa shape index (κ1) is 82.8. The smallest absolute Gasteiger partial charge is 0.0788 e. The highest BCUT2D eigenvalue weighted by molar-refractivity contribution is 6.29. The van der Waals surface area contributed by atoms with Crippen molar-refractivity contribution in [2.45, 2.75) is 0 Å². The van der Waals surface area contributed by atoms with Gasteiger partial charge in [0.05, 0.1) is 110 Å². The zero-order valence-corrected chi connectivity index (χ0v) is 80.3. The minimum Gasteiger partial charge on any atom is -0.309 e. The molecule has 0 bridgehead atoms. The molecule has 0 fully saturated rings. The van der Waals surface area contributed by atoms with E-state index in [0.717, 1.165) is 45.5 Å². The lowest BCUT2D eigenvalue weighted by atomic mass is 10.1. The number of nitrogens with zero attached hydrogens (tertiary/aromatic N) is 10. The molecule has 0 spiro atoms. The molecule has 0 unspecified atom stereocenters. The number of benzene rings is 23. The van der Waals surface area contributed by atoms with Crippen LogP contribution in [0.2, 0.25) is 0 Å². The van der Waals surface area contributed by atoms with Crippen LogP contribution in [-0.2, 0) is 0 Å². The summed E-state index contributed by atoms with van der Waals surface area (Å²) in [5, 5.41) is 25.0. The molecule has 0 atom stereocenters. The van der Waals surface area contributed by atoms with Gasteiger partial charge in [0.2, 0.25) is 0 Å². The Kier molecular flexibility index (Phi) is 18.3. The van der Waals surface area contributed by atoms with Crippen LogP contribution < -0.4 is 0 Å². The first-order valence-electron chi connectivity index (χ1n) is 50.9. The van der Waals surface area contributed by atoms with Crippen molar-refractivity contribution in [1.82, 2.24) is 45.7 Å². The molecule has 0 saturated heterocycles. The highest BCUT2D eigenvalue weighted by Gasteiger charge is 2.29. The number of fused-ring (bicyclic) bond motifs is 32. The van der Waals surface area contributed by atoms with E-state index < -0.39 is 0 Å². The molecule has 23 aromatic carbocycles. The van der Waals surface area contributed by atoms with Crippen molar-refractivity contribution in [3.8, 4) is 56.9 Å². The lowest BCUT2D eigenvalue weighted by Gasteiger charge is -2.12. The second-order valence-corrected chi connectivity index (χ2v) is 39.0. The third-order valence-corrected chi connectivity index (χ3v) is 31.1. The van der Waals surface area contributed by atoms with Gasteiger partial charge in [-0.15, -0.1) is 0 Å². The normalized spacial score (nSPS) is 12.1. The lowest BCUT2D eigenvalue weighted by molar-refractivity contribution is 1.15. The quantitative estimate of drug-likeness (QED) is 0.131. The van der Waals surface area contributed by atoms with E-state index in [1.165, 1.54) is 229 Å². The van der Waals surface area contributed by atoms with Crippen LogP contribution in [0, 0.1) is 0 Å². The molecule has 10 aromatic heterocycles. The van der Waals surface area contributed by atoms with Crippen molar-refractivity contribution in [3.05, 3.63) is 534 Å². The van der Waals surface area contributed by atoms with Crippen LogP contribution in [0.3, 0.4) is 0 Å². The maximum absolute atomic E-state index is 2.48. The molecule has 0 amide bonds.